The van der Waals surface area contributed by atoms with Gasteiger partial charge in [0.15, 0.2) is 0 Å². The Kier molecular flexibility index (Phi) is 5.55. The van der Waals surface area contributed by atoms with E-state index < -0.39 is 5.97 Å². The zero-order valence-electron chi connectivity index (χ0n) is 10.7. The Labute approximate surface area is 111 Å². The Morgan fingerprint density at radius 1 is 1.42 bits per heavy atom. The normalized spacial score (nSPS) is 9.68. The predicted molar refractivity (Wildman–Crippen MR) is 67.5 cm³/mol. The van der Waals surface area contributed by atoms with Crippen molar-refractivity contribution in [3.05, 3.63) is 34.9 Å². The van der Waals surface area contributed by atoms with Crippen LogP contribution in [0.2, 0.25) is 0 Å². The van der Waals surface area contributed by atoms with Crippen LogP contribution in [-0.4, -0.2) is 23.7 Å². The van der Waals surface area contributed by atoms with Crippen LogP contribution in [0.4, 0.5) is 0 Å². The van der Waals surface area contributed by atoms with E-state index in [1.165, 1.54) is 0 Å². The van der Waals surface area contributed by atoms with Gasteiger partial charge in [0, 0.05) is 6.42 Å². The van der Waals surface area contributed by atoms with Crippen LogP contribution in [0.3, 0.4) is 0 Å². The van der Waals surface area contributed by atoms with E-state index in [4.69, 9.17) is 15.1 Å². The molecule has 5 nitrogen and oxygen atoms in total. The van der Waals surface area contributed by atoms with Crippen molar-refractivity contribution >= 4 is 11.9 Å². The topological polar surface area (TPSA) is 87.4 Å². The Hall–Kier alpha value is -2.35. The van der Waals surface area contributed by atoms with Crippen LogP contribution >= 0.6 is 0 Å². The molecule has 0 spiro atoms. The van der Waals surface area contributed by atoms with Crippen molar-refractivity contribution < 1.29 is 19.4 Å². The van der Waals surface area contributed by atoms with Gasteiger partial charge in [-0.2, -0.15) is 5.26 Å². The average Bonchev–Trinajstić information content (AvgIpc) is 2.37. The second-order valence-electron chi connectivity index (χ2n) is 3.98. The minimum Gasteiger partial charge on any atom is -0.481 e. The van der Waals surface area contributed by atoms with Crippen LogP contribution in [0.1, 0.15) is 30.0 Å². The smallest absolute Gasteiger partial charge is 0.310 e. The first-order valence-corrected chi connectivity index (χ1v) is 5.96. The molecule has 1 aromatic rings. The van der Waals surface area contributed by atoms with E-state index in [1.807, 2.05) is 6.07 Å². The summed E-state index contributed by atoms with van der Waals surface area (Å²) >= 11 is 0. The second kappa shape index (κ2) is 7.17. The molecule has 0 unspecified atom stereocenters. The largest absolute Gasteiger partial charge is 0.481 e. The zero-order chi connectivity index (χ0) is 14.3. The van der Waals surface area contributed by atoms with Gasteiger partial charge in [-0.25, -0.2) is 0 Å². The van der Waals surface area contributed by atoms with E-state index >= 15 is 0 Å². The minimum atomic E-state index is -0.903. The number of hydrogen-bond donors (Lipinski definition) is 1. The Bertz CT molecular complexity index is 517. The van der Waals surface area contributed by atoms with Crippen molar-refractivity contribution in [2.45, 2.75) is 26.2 Å². The van der Waals surface area contributed by atoms with Crippen LogP contribution in [-0.2, 0) is 27.2 Å². The molecule has 0 atom stereocenters. The number of ether oxygens (including phenoxy) is 1. The predicted octanol–water partition coefficient (Wildman–Crippen LogP) is 1.68. The molecule has 0 fully saturated rings. The summed E-state index contributed by atoms with van der Waals surface area (Å²) in [6, 6.07) is 7.03. The molecule has 0 aromatic heterocycles. The van der Waals surface area contributed by atoms with Crippen molar-refractivity contribution in [2.75, 3.05) is 6.61 Å². The highest BCUT2D eigenvalue weighted by molar-refractivity contribution is 5.73. The molecule has 1 rings (SSSR count). The van der Waals surface area contributed by atoms with Crippen molar-refractivity contribution in [1.82, 2.24) is 0 Å². The number of benzene rings is 1. The average molecular weight is 261 g/mol. The molecule has 0 radical (unpaired) electrons. The first-order chi connectivity index (χ1) is 9.06. The molecule has 19 heavy (non-hydrogen) atoms. The number of aryl methyl sites for hydroxylation is 1. The highest BCUT2D eigenvalue weighted by Crippen LogP contribution is 2.14. The summed E-state index contributed by atoms with van der Waals surface area (Å²) in [7, 11) is 0. The molecule has 0 saturated heterocycles. The van der Waals surface area contributed by atoms with Crippen LogP contribution in [0.5, 0.6) is 0 Å². The molecular formula is C14H15NO4. The number of carbonyl (C=O) groups is 2. The molecule has 0 bridgehead atoms. The quantitative estimate of drug-likeness (QED) is 0.787. The van der Waals surface area contributed by atoms with Gasteiger partial charge in [0.1, 0.15) is 0 Å². The molecule has 1 aromatic carbocycles. The molecule has 0 amide bonds. The van der Waals surface area contributed by atoms with Gasteiger partial charge in [-0.3, -0.25) is 9.59 Å². The lowest BCUT2D eigenvalue weighted by molar-refractivity contribution is -0.142. The summed E-state index contributed by atoms with van der Waals surface area (Å²) in [6.45, 7) is 2.05. The first kappa shape index (κ1) is 14.7. The van der Waals surface area contributed by atoms with Gasteiger partial charge in [0.05, 0.1) is 24.7 Å². The van der Waals surface area contributed by atoms with Crippen molar-refractivity contribution in [3.63, 3.8) is 0 Å². The van der Waals surface area contributed by atoms with Gasteiger partial charge in [-0.1, -0.05) is 12.1 Å². The number of nitriles is 1. The summed E-state index contributed by atoms with van der Waals surface area (Å²) in [5, 5.41) is 17.7. The fourth-order valence-electron chi connectivity index (χ4n) is 1.68. The molecule has 0 aliphatic heterocycles. The summed E-state index contributed by atoms with van der Waals surface area (Å²) in [5.41, 5.74) is 1.77. The van der Waals surface area contributed by atoms with E-state index in [9.17, 15) is 9.59 Å². The maximum Gasteiger partial charge on any atom is 0.310 e. The number of nitrogens with zero attached hydrogens (tertiary/aromatic N) is 1. The fraction of sp³-hybridized carbons (Fsp3) is 0.357. The number of esters is 1. The van der Waals surface area contributed by atoms with Gasteiger partial charge in [0.25, 0.3) is 0 Å². The van der Waals surface area contributed by atoms with Crippen LogP contribution in [0.15, 0.2) is 18.2 Å². The van der Waals surface area contributed by atoms with Crippen LogP contribution in [0, 0.1) is 11.3 Å². The third-order valence-corrected chi connectivity index (χ3v) is 2.56. The van der Waals surface area contributed by atoms with E-state index in [2.05, 4.69) is 0 Å². The maximum absolute atomic E-state index is 11.3. The van der Waals surface area contributed by atoms with Gasteiger partial charge in [-0.05, 0) is 30.5 Å². The molecule has 0 aliphatic rings. The monoisotopic (exact) mass is 261 g/mol. The van der Waals surface area contributed by atoms with Crippen LogP contribution < -0.4 is 0 Å². The zero-order valence-corrected chi connectivity index (χ0v) is 10.7. The standard InChI is InChI=1S/C14H15NO4/c1-2-19-14(18)8-10-3-4-11(5-6-13(16)17)12(7-10)9-15/h3-4,7H,2,5-6,8H2,1H3,(H,16,17). The van der Waals surface area contributed by atoms with E-state index in [0.29, 0.717) is 29.7 Å². The van der Waals surface area contributed by atoms with Gasteiger partial charge >= 0.3 is 11.9 Å². The number of hydrogen-bond acceptors (Lipinski definition) is 4. The van der Waals surface area contributed by atoms with Crippen molar-refractivity contribution in [1.29, 1.82) is 5.26 Å². The maximum atomic E-state index is 11.3. The van der Waals surface area contributed by atoms with E-state index in [-0.39, 0.29) is 18.8 Å². The van der Waals surface area contributed by atoms with Gasteiger partial charge in [-0.15, -0.1) is 0 Å². The summed E-state index contributed by atoms with van der Waals surface area (Å²) in [6.07, 6.45) is 0.394. The molecule has 1 N–H and O–H groups in total. The molecule has 0 heterocycles. The molecule has 5 heteroatoms. The molecule has 100 valence electrons. The summed E-state index contributed by atoms with van der Waals surface area (Å²) in [5.74, 6) is -1.25. The SMILES string of the molecule is CCOC(=O)Cc1ccc(CCC(=O)O)c(C#N)c1. The Morgan fingerprint density at radius 2 is 2.16 bits per heavy atom. The van der Waals surface area contributed by atoms with Crippen molar-refractivity contribution in [3.8, 4) is 6.07 Å². The molecular weight excluding hydrogens is 246 g/mol. The van der Waals surface area contributed by atoms with E-state index in [1.54, 1.807) is 25.1 Å². The highest BCUT2D eigenvalue weighted by atomic mass is 16.5. The Balaban J connectivity index is 2.81. The highest BCUT2D eigenvalue weighted by Gasteiger charge is 2.09. The molecule has 0 aliphatic carbocycles. The number of rotatable bonds is 6. The number of carboxylic acids is 1. The third-order valence-electron chi connectivity index (χ3n) is 2.56. The molecule has 0 saturated carbocycles. The first-order valence-electron chi connectivity index (χ1n) is 5.96. The number of aliphatic carboxylic acids is 1. The van der Waals surface area contributed by atoms with Gasteiger partial charge < -0.3 is 9.84 Å². The number of carbonyl (C=O) groups excluding carboxylic acids is 1. The van der Waals surface area contributed by atoms with Crippen LogP contribution in [0.25, 0.3) is 0 Å². The lowest BCUT2D eigenvalue weighted by Crippen LogP contribution is -2.08. The van der Waals surface area contributed by atoms with Gasteiger partial charge in [0.2, 0.25) is 0 Å². The summed E-state index contributed by atoms with van der Waals surface area (Å²) in [4.78, 5) is 21.8. The van der Waals surface area contributed by atoms with E-state index in [0.717, 1.165) is 0 Å². The van der Waals surface area contributed by atoms with Crippen molar-refractivity contribution in [2.24, 2.45) is 0 Å². The lowest BCUT2D eigenvalue weighted by atomic mass is 9.99. The number of carboxylic acid groups (broad SMARTS) is 1. The minimum absolute atomic E-state index is 0.0219. The summed E-state index contributed by atoms with van der Waals surface area (Å²) < 4.78 is 4.83. The lowest BCUT2D eigenvalue weighted by Gasteiger charge is -2.06. The second-order valence-corrected chi connectivity index (χ2v) is 3.98. The Morgan fingerprint density at radius 3 is 2.74 bits per heavy atom. The fourth-order valence-corrected chi connectivity index (χ4v) is 1.68. The third kappa shape index (κ3) is 4.80.